The van der Waals surface area contributed by atoms with E-state index in [0.717, 1.165) is 5.39 Å². The number of aromatic hydroxyl groups is 1. The number of hydrogen-bond acceptors (Lipinski definition) is 4. The topological polar surface area (TPSA) is 69.5 Å². The van der Waals surface area contributed by atoms with Crippen molar-refractivity contribution in [2.24, 2.45) is 4.99 Å². The van der Waals surface area contributed by atoms with Crippen LogP contribution in [0, 0.1) is 11.3 Å². The fourth-order valence-electron chi connectivity index (χ4n) is 2.00. The lowest BCUT2D eigenvalue weighted by molar-refractivity contribution is 0.336. The zero-order chi connectivity index (χ0) is 13.9. The standard InChI is InChI=1S/C16H10N2O2/c17-9-11-5-1-4-8-14(11)18-10-15-12-6-2-3-7-13(12)16(19)20-15/h1-8,10,19H. The Morgan fingerprint density at radius 1 is 1.05 bits per heavy atom. The van der Waals surface area contributed by atoms with Gasteiger partial charge in [-0.25, -0.2) is 0 Å². The van der Waals surface area contributed by atoms with Crippen molar-refractivity contribution in [2.45, 2.75) is 0 Å². The molecule has 4 nitrogen and oxygen atoms in total. The first kappa shape index (κ1) is 12.0. The molecule has 0 radical (unpaired) electrons. The van der Waals surface area contributed by atoms with E-state index in [1.165, 1.54) is 6.21 Å². The van der Waals surface area contributed by atoms with Crippen LogP contribution in [-0.2, 0) is 0 Å². The Labute approximate surface area is 115 Å². The van der Waals surface area contributed by atoms with Gasteiger partial charge in [-0.05, 0) is 18.2 Å². The minimum absolute atomic E-state index is 0.129. The highest BCUT2D eigenvalue weighted by Crippen LogP contribution is 2.30. The summed E-state index contributed by atoms with van der Waals surface area (Å²) >= 11 is 0. The summed E-state index contributed by atoms with van der Waals surface area (Å²) in [7, 11) is 0. The second kappa shape index (κ2) is 4.90. The van der Waals surface area contributed by atoms with Crippen molar-refractivity contribution in [3.8, 4) is 12.0 Å². The quantitative estimate of drug-likeness (QED) is 0.715. The van der Waals surface area contributed by atoms with Gasteiger partial charge in [-0.15, -0.1) is 0 Å². The van der Waals surface area contributed by atoms with E-state index in [1.54, 1.807) is 24.3 Å². The third-order valence-electron chi connectivity index (χ3n) is 2.97. The van der Waals surface area contributed by atoms with Gasteiger partial charge in [0.15, 0.2) is 5.76 Å². The van der Waals surface area contributed by atoms with E-state index in [1.807, 2.05) is 24.3 Å². The van der Waals surface area contributed by atoms with Gasteiger partial charge < -0.3 is 9.52 Å². The average Bonchev–Trinajstić information content (AvgIpc) is 2.82. The molecule has 1 N–H and O–H groups in total. The molecule has 0 saturated heterocycles. The zero-order valence-corrected chi connectivity index (χ0v) is 10.4. The van der Waals surface area contributed by atoms with Gasteiger partial charge in [0, 0.05) is 5.39 Å². The third-order valence-corrected chi connectivity index (χ3v) is 2.97. The van der Waals surface area contributed by atoms with Gasteiger partial charge in [0.1, 0.15) is 6.07 Å². The number of nitrogens with zero attached hydrogens (tertiary/aromatic N) is 2. The molecule has 1 aromatic heterocycles. The van der Waals surface area contributed by atoms with Gasteiger partial charge in [-0.3, -0.25) is 4.99 Å². The van der Waals surface area contributed by atoms with Crippen LogP contribution >= 0.6 is 0 Å². The average molecular weight is 262 g/mol. The Bertz CT molecular complexity index is 841. The highest BCUT2D eigenvalue weighted by atomic mass is 16.5. The number of rotatable bonds is 2. The molecule has 20 heavy (non-hydrogen) atoms. The normalized spacial score (nSPS) is 10.9. The predicted molar refractivity (Wildman–Crippen MR) is 76.3 cm³/mol. The summed E-state index contributed by atoms with van der Waals surface area (Å²) in [5.74, 6) is 0.335. The van der Waals surface area contributed by atoms with Gasteiger partial charge in [0.05, 0.1) is 22.9 Å². The summed E-state index contributed by atoms with van der Waals surface area (Å²) in [5, 5.41) is 20.1. The number of benzene rings is 2. The minimum atomic E-state index is -0.129. The van der Waals surface area contributed by atoms with Crippen molar-refractivity contribution in [1.29, 1.82) is 5.26 Å². The van der Waals surface area contributed by atoms with Crippen LogP contribution in [0.3, 0.4) is 0 Å². The number of para-hydroxylation sites is 1. The Kier molecular flexibility index (Phi) is 2.94. The summed E-state index contributed by atoms with van der Waals surface area (Å²) in [6.45, 7) is 0. The lowest BCUT2D eigenvalue weighted by atomic mass is 10.2. The summed E-state index contributed by atoms with van der Waals surface area (Å²) < 4.78 is 5.28. The molecular weight excluding hydrogens is 252 g/mol. The second-order valence-electron chi connectivity index (χ2n) is 4.20. The maximum absolute atomic E-state index is 9.71. The molecule has 2 aromatic carbocycles. The molecule has 0 amide bonds. The Balaban J connectivity index is 2.06. The molecular formula is C16H10N2O2. The van der Waals surface area contributed by atoms with E-state index in [0.29, 0.717) is 22.4 Å². The molecule has 3 aromatic rings. The van der Waals surface area contributed by atoms with Crippen molar-refractivity contribution >= 4 is 22.7 Å². The third kappa shape index (κ3) is 2.02. The van der Waals surface area contributed by atoms with Gasteiger partial charge in [0.25, 0.3) is 5.95 Å². The van der Waals surface area contributed by atoms with Crippen molar-refractivity contribution in [3.63, 3.8) is 0 Å². The number of hydrogen-bond donors (Lipinski definition) is 1. The van der Waals surface area contributed by atoms with Gasteiger partial charge in [-0.1, -0.05) is 30.3 Å². The molecule has 0 bridgehead atoms. The highest BCUT2D eigenvalue weighted by Gasteiger charge is 2.09. The number of nitriles is 1. The molecule has 0 spiro atoms. The van der Waals surface area contributed by atoms with E-state index in [4.69, 9.17) is 9.68 Å². The molecule has 4 heteroatoms. The first-order valence-corrected chi connectivity index (χ1v) is 6.03. The first-order valence-electron chi connectivity index (χ1n) is 6.03. The van der Waals surface area contributed by atoms with E-state index in [-0.39, 0.29) is 5.95 Å². The van der Waals surface area contributed by atoms with E-state index in [9.17, 15) is 5.11 Å². The molecule has 0 saturated carbocycles. The van der Waals surface area contributed by atoms with E-state index in [2.05, 4.69) is 11.1 Å². The molecule has 96 valence electrons. The fraction of sp³-hybridized carbons (Fsp3) is 0. The maximum atomic E-state index is 9.71. The summed E-state index contributed by atoms with van der Waals surface area (Å²) in [6.07, 6.45) is 1.51. The van der Waals surface area contributed by atoms with Crippen LogP contribution in [0.15, 0.2) is 57.9 Å². The number of fused-ring (bicyclic) bond motifs is 1. The SMILES string of the molecule is N#Cc1ccccc1N=Cc1oc(O)c2ccccc12. The predicted octanol–water partition coefficient (Wildman–Crippen LogP) is 3.76. The van der Waals surface area contributed by atoms with Crippen LogP contribution in [0.2, 0.25) is 0 Å². The van der Waals surface area contributed by atoms with Crippen molar-refractivity contribution < 1.29 is 9.52 Å². The van der Waals surface area contributed by atoms with Crippen LogP contribution in [0.1, 0.15) is 11.3 Å². The van der Waals surface area contributed by atoms with E-state index >= 15 is 0 Å². The van der Waals surface area contributed by atoms with Crippen molar-refractivity contribution in [1.82, 2.24) is 0 Å². The Morgan fingerprint density at radius 3 is 2.55 bits per heavy atom. The van der Waals surface area contributed by atoms with Gasteiger partial charge in [0.2, 0.25) is 0 Å². The Hall–Kier alpha value is -3.06. The zero-order valence-electron chi connectivity index (χ0n) is 10.4. The van der Waals surface area contributed by atoms with Crippen LogP contribution < -0.4 is 0 Å². The largest absolute Gasteiger partial charge is 0.480 e. The molecule has 0 aliphatic rings. The van der Waals surface area contributed by atoms with Crippen molar-refractivity contribution in [3.05, 3.63) is 59.9 Å². The molecule has 0 aliphatic heterocycles. The second-order valence-corrected chi connectivity index (χ2v) is 4.20. The first-order chi connectivity index (χ1) is 9.79. The maximum Gasteiger partial charge on any atom is 0.290 e. The van der Waals surface area contributed by atoms with Crippen LogP contribution in [0.4, 0.5) is 5.69 Å². The molecule has 3 rings (SSSR count). The van der Waals surface area contributed by atoms with Crippen LogP contribution in [0.25, 0.3) is 10.8 Å². The lowest BCUT2D eigenvalue weighted by Gasteiger charge is -1.95. The smallest absolute Gasteiger partial charge is 0.290 e. The molecule has 0 aliphatic carbocycles. The minimum Gasteiger partial charge on any atom is -0.480 e. The summed E-state index contributed by atoms with van der Waals surface area (Å²) in [6, 6.07) is 16.4. The highest BCUT2D eigenvalue weighted by molar-refractivity contribution is 6.00. The Morgan fingerprint density at radius 2 is 1.75 bits per heavy atom. The van der Waals surface area contributed by atoms with E-state index < -0.39 is 0 Å². The fourth-order valence-corrected chi connectivity index (χ4v) is 2.00. The molecule has 0 unspecified atom stereocenters. The molecule has 1 heterocycles. The van der Waals surface area contributed by atoms with Crippen LogP contribution in [0.5, 0.6) is 5.95 Å². The number of aliphatic imine (C=N–C) groups is 1. The van der Waals surface area contributed by atoms with Crippen molar-refractivity contribution in [2.75, 3.05) is 0 Å². The summed E-state index contributed by atoms with van der Waals surface area (Å²) in [4.78, 5) is 4.26. The lowest BCUT2D eigenvalue weighted by Crippen LogP contribution is -1.79. The van der Waals surface area contributed by atoms with Gasteiger partial charge in [-0.2, -0.15) is 5.26 Å². The molecule has 0 atom stereocenters. The van der Waals surface area contributed by atoms with Crippen LogP contribution in [-0.4, -0.2) is 11.3 Å². The number of furan rings is 1. The van der Waals surface area contributed by atoms with Gasteiger partial charge >= 0.3 is 0 Å². The summed E-state index contributed by atoms with van der Waals surface area (Å²) in [5.41, 5.74) is 1.05. The molecule has 0 fully saturated rings. The monoisotopic (exact) mass is 262 g/mol.